The van der Waals surface area contributed by atoms with E-state index in [0.29, 0.717) is 19.1 Å². The minimum Gasteiger partial charge on any atom is -0.378 e. The molecular formula is C22H38N4O2. The highest BCUT2D eigenvalue weighted by Gasteiger charge is 2.29. The van der Waals surface area contributed by atoms with Crippen LogP contribution in [-0.2, 0) is 9.53 Å². The number of nitrogens with zero attached hydrogens (tertiary/aromatic N) is 4. The van der Waals surface area contributed by atoms with Crippen LogP contribution < -0.4 is 4.90 Å². The maximum Gasteiger partial charge on any atom is 0.225 e. The number of likely N-dealkylation sites (N-methyl/N-ethyl adjacent to an activating group) is 2. The zero-order valence-corrected chi connectivity index (χ0v) is 18.7. The Morgan fingerprint density at radius 3 is 2.50 bits per heavy atom. The summed E-state index contributed by atoms with van der Waals surface area (Å²) in [7, 11) is 3.95. The van der Waals surface area contributed by atoms with Crippen LogP contribution in [0.3, 0.4) is 0 Å². The molecule has 0 spiro atoms. The van der Waals surface area contributed by atoms with E-state index in [9.17, 15) is 4.79 Å². The molecule has 1 aromatic rings. The quantitative estimate of drug-likeness (QED) is 0.675. The van der Waals surface area contributed by atoms with Crippen LogP contribution in [0.5, 0.6) is 0 Å². The van der Waals surface area contributed by atoms with Gasteiger partial charge in [0.2, 0.25) is 5.91 Å². The summed E-state index contributed by atoms with van der Waals surface area (Å²) in [5, 5.41) is 0. The lowest BCUT2D eigenvalue weighted by molar-refractivity contribution is -0.139. The first kappa shape index (κ1) is 22.6. The van der Waals surface area contributed by atoms with Gasteiger partial charge >= 0.3 is 0 Å². The van der Waals surface area contributed by atoms with Gasteiger partial charge in [-0.25, -0.2) is 9.97 Å². The molecule has 2 atom stereocenters. The third-order valence-electron chi connectivity index (χ3n) is 5.57. The minimum absolute atomic E-state index is 0.0909. The Hall–Kier alpha value is -1.69. The van der Waals surface area contributed by atoms with Crippen molar-refractivity contribution in [3.05, 3.63) is 17.6 Å². The summed E-state index contributed by atoms with van der Waals surface area (Å²) in [6.45, 7) is 12.8. The monoisotopic (exact) mass is 390 g/mol. The van der Waals surface area contributed by atoms with Gasteiger partial charge in [0.15, 0.2) is 0 Å². The topological polar surface area (TPSA) is 58.6 Å². The van der Waals surface area contributed by atoms with Gasteiger partial charge in [-0.1, -0.05) is 34.6 Å². The second kappa shape index (κ2) is 10.2. The van der Waals surface area contributed by atoms with Crippen molar-refractivity contribution in [2.75, 3.05) is 38.7 Å². The molecule has 0 bridgehead atoms. The van der Waals surface area contributed by atoms with Crippen LogP contribution >= 0.6 is 0 Å². The SMILES string of the molecule is CCC1CC(C(=O)N(C)CCN(C)c2cc(C(C)C)nc(C(C)C)n2)CCO1. The summed E-state index contributed by atoms with van der Waals surface area (Å²) in [4.78, 5) is 26.3. The normalized spacial score (nSPS) is 19.9. The van der Waals surface area contributed by atoms with Crippen LogP contribution in [0.4, 0.5) is 5.82 Å². The van der Waals surface area contributed by atoms with Crippen LogP contribution in [0.1, 0.15) is 77.2 Å². The predicted octanol–water partition coefficient (Wildman–Crippen LogP) is 3.82. The Labute approximate surface area is 170 Å². The van der Waals surface area contributed by atoms with Gasteiger partial charge in [-0.3, -0.25) is 4.79 Å². The molecule has 1 aliphatic heterocycles. The van der Waals surface area contributed by atoms with Crippen molar-refractivity contribution >= 4 is 11.7 Å². The third-order valence-corrected chi connectivity index (χ3v) is 5.57. The van der Waals surface area contributed by atoms with E-state index < -0.39 is 0 Å². The van der Waals surface area contributed by atoms with E-state index >= 15 is 0 Å². The summed E-state index contributed by atoms with van der Waals surface area (Å²) in [6, 6.07) is 2.07. The van der Waals surface area contributed by atoms with E-state index in [2.05, 4.69) is 45.6 Å². The number of ether oxygens (including phenoxy) is 1. The molecule has 0 radical (unpaired) electrons. The first-order valence-electron chi connectivity index (χ1n) is 10.7. The Kier molecular flexibility index (Phi) is 8.23. The average Bonchev–Trinajstić information content (AvgIpc) is 2.70. The fourth-order valence-corrected chi connectivity index (χ4v) is 3.45. The molecule has 0 aliphatic carbocycles. The summed E-state index contributed by atoms with van der Waals surface area (Å²) in [5.74, 6) is 2.79. The van der Waals surface area contributed by atoms with Gasteiger partial charge in [0.05, 0.1) is 6.10 Å². The van der Waals surface area contributed by atoms with Crippen molar-refractivity contribution in [2.45, 2.75) is 71.8 Å². The van der Waals surface area contributed by atoms with Gasteiger partial charge in [-0.05, 0) is 25.2 Å². The van der Waals surface area contributed by atoms with Crippen LogP contribution in [0.15, 0.2) is 6.07 Å². The van der Waals surface area contributed by atoms with Gasteiger partial charge in [0, 0.05) is 57.4 Å². The van der Waals surface area contributed by atoms with Crippen molar-refractivity contribution in [1.82, 2.24) is 14.9 Å². The Morgan fingerprint density at radius 2 is 1.89 bits per heavy atom. The lowest BCUT2D eigenvalue weighted by Crippen LogP contribution is -2.41. The van der Waals surface area contributed by atoms with E-state index in [1.165, 1.54) is 0 Å². The number of carbonyl (C=O) groups excluding carboxylic acids is 1. The van der Waals surface area contributed by atoms with Crippen molar-refractivity contribution in [3.63, 3.8) is 0 Å². The van der Waals surface area contributed by atoms with Crippen LogP contribution in [0.25, 0.3) is 0 Å². The molecule has 1 amide bonds. The third kappa shape index (κ3) is 5.90. The fraction of sp³-hybridized carbons (Fsp3) is 0.773. The highest BCUT2D eigenvalue weighted by atomic mass is 16.5. The molecule has 28 heavy (non-hydrogen) atoms. The van der Waals surface area contributed by atoms with Gasteiger partial charge in [-0.15, -0.1) is 0 Å². The van der Waals surface area contributed by atoms with Crippen LogP contribution in [0, 0.1) is 5.92 Å². The molecule has 1 aromatic heterocycles. The molecule has 0 N–H and O–H groups in total. The number of amides is 1. The number of rotatable bonds is 8. The molecule has 158 valence electrons. The Bertz CT molecular complexity index is 621. The lowest BCUT2D eigenvalue weighted by atomic mass is 9.93. The first-order chi connectivity index (χ1) is 13.2. The zero-order chi connectivity index (χ0) is 20.8. The number of aromatic nitrogens is 2. The predicted molar refractivity (Wildman–Crippen MR) is 114 cm³/mol. The van der Waals surface area contributed by atoms with Crippen LogP contribution in [-0.4, -0.2) is 60.7 Å². The van der Waals surface area contributed by atoms with Crippen molar-refractivity contribution < 1.29 is 9.53 Å². The summed E-state index contributed by atoms with van der Waals surface area (Å²) >= 11 is 0. The average molecular weight is 391 g/mol. The Balaban J connectivity index is 1.99. The van der Waals surface area contributed by atoms with E-state index in [4.69, 9.17) is 14.7 Å². The number of hydrogen-bond acceptors (Lipinski definition) is 5. The molecule has 2 heterocycles. The molecule has 6 nitrogen and oxygen atoms in total. The van der Waals surface area contributed by atoms with E-state index in [1.807, 2.05) is 19.0 Å². The highest BCUT2D eigenvalue weighted by molar-refractivity contribution is 5.78. The molecule has 0 aromatic carbocycles. The molecule has 1 saturated heterocycles. The fourth-order valence-electron chi connectivity index (χ4n) is 3.45. The molecule has 1 fully saturated rings. The van der Waals surface area contributed by atoms with E-state index in [1.54, 1.807) is 0 Å². The first-order valence-corrected chi connectivity index (χ1v) is 10.7. The van der Waals surface area contributed by atoms with Crippen molar-refractivity contribution in [2.24, 2.45) is 5.92 Å². The Morgan fingerprint density at radius 1 is 1.18 bits per heavy atom. The van der Waals surface area contributed by atoms with Crippen molar-refractivity contribution in [3.8, 4) is 0 Å². The van der Waals surface area contributed by atoms with Gasteiger partial charge in [0.25, 0.3) is 0 Å². The van der Waals surface area contributed by atoms with Crippen molar-refractivity contribution in [1.29, 1.82) is 0 Å². The molecular weight excluding hydrogens is 352 g/mol. The van der Waals surface area contributed by atoms with Crippen LogP contribution in [0.2, 0.25) is 0 Å². The van der Waals surface area contributed by atoms with Gasteiger partial charge < -0.3 is 14.5 Å². The van der Waals surface area contributed by atoms with Gasteiger partial charge in [0.1, 0.15) is 11.6 Å². The highest BCUT2D eigenvalue weighted by Crippen LogP contribution is 2.24. The molecule has 0 saturated carbocycles. The van der Waals surface area contributed by atoms with E-state index in [-0.39, 0.29) is 23.8 Å². The number of anilines is 1. The number of hydrogen-bond donors (Lipinski definition) is 0. The summed E-state index contributed by atoms with van der Waals surface area (Å²) < 4.78 is 5.71. The molecule has 2 unspecified atom stereocenters. The van der Waals surface area contributed by atoms with E-state index in [0.717, 1.165) is 43.1 Å². The molecule has 6 heteroatoms. The zero-order valence-electron chi connectivity index (χ0n) is 18.7. The minimum atomic E-state index is 0.0909. The summed E-state index contributed by atoms with van der Waals surface area (Å²) in [6.07, 6.45) is 2.87. The second-order valence-electron chi connectivity index (χ2n) is 8.62. The summed E-state index contributed by atoms with van der Waals surface area (Å²) in [5.41, 5.74) is 1.07. The standard InChI is InChI=1S/C22H38N4O2/c1-8-18-13-17(9-12-28-18)22(27)26(7)11-10-25(6)20-14-19(15(2)3)23-21(24-20)16(4)5/h14-18H,8-13H2,1-7H3. The van der Waals surface area contributed by atoms with Gasteiger partial charge in [-0.2, -0.15) is 0 Å². The largest absolute Gasteiger partial charge is 0.378 e. The molecule has 1 aliphatic rings. The maximum absolute atomic E-state index is 12.8. The molecule has 2 rings (SSSR count). The maximum atomic E-state index is 12.8. The second-order valence-corrected chi connectivity index (χ2v) is 8.62. The smallest absolute Gasteiger partial charge is 0.225 e. The lowest BCUT2D eigenvalue weighted by Gasteiger charge is -2.31. The number of carbonyl (C=O) groups is 1.